The lowest BCUT2D eigenvalue weighted by atomic mass is 9.76. The average Bonchev–Trinajstić information content (AvgIpc) is 2.28. The van der Waals surface area contributed by atoms with Gasteiger partial charge in [-0.05, 0) is 42.4 Å². The summed E-state index contributed by atoms with van der Waals surface area (Å²) in [6.07, 6.45) is 5.17. The van der Waals surface area contributed by atoms with Crippen LogP contribution in [-0.2, 0) is 23.0 Å². The molecule has 0 atom stereocenters. The van der Waals surface area contributed by atoms with Crippen LogP contribution in [0.4, 0.5) is 0 Å². The second kappa shape index (κ2) is 3.86. The molecule has 0 unspecified atom stereocenters. The molecule has 1 aromatic rings. The van der Waals surface area contributed by atoms with E-state index < -0.39 is 0 Å². The Morgan fingerprint density at radius 3 is 2.50 bits per heavy atom. The lowest BCUT2D eigenvalue weighted by molar-refractivity contribution is -0.0550. The van der Waals surface area contributed by atoms with Crippen LogP contribution in [0.25, 0.3) is 0 Å². The number of aryl methyl sites for hydroxylation is 2. The van der Waals surface area contributed by atoms with E-state index in [0.717, 1.165) is 13.2 Å². The fraction of sp³-hybridized carbons (Fsp3) is 0.571. The monoisotopic (exact) mass is 217 g/mol. The molecular formula is C14H19NO. The van der Waals surface area contributed by atoms with Gasteiger partial charge in [-0.25, -0.2) is 0 Å². The van der Waals surface area contributed by atoms with Crippen LogP contribution in [0.15, 0.2) is 18.2 Å². The lowest BCUT2D eigenvalue weighted by Gasteiger charge is -2.41. The van der Waals surface area contributed by atoms with Gasteiger partial charge in [-0.1, -0.05) is 18.2 Å². The van der Waals surface area contributed by atoms with Crippen LogP contribution in [0.1, 0.15) is 29.5 Å². The molecule has 0 amide bonds. The molecule has 2 heteroatoms. The number of fused-ring (bicyclic) bond motifs is 1. The highest BCUT2D eigenvalue weighted by Gasteiger charge is 2.39. The summed E-state index contributed by atoms with van der Waals surface area (Å²) in [5, 5.41) is 0. The van der Waals surface area contributed by atoms with E-state index in [1.54, 1.807) is 11.1 Å². The number of hydrogen-bond donors (Lipinski definition) is 1. The zero-order valence-corrected chi connectivity index (χ0v) is 9.67. The van der Waals surface area contributed by atoms with E-state index >= 15 is 0 Å². The maximum Gasteiger partial charge on any atom is 0.0597 e. The number of benzene rings is 1. The third kappa shape index (κ3) is 1.48. The molecule has 1 aromatic carbocycles. The maximum absolute atomic E-state index is 5.90. The van der Waals surface area contributed by atoms with Crippen molar-refractivity contribution >= 4 is 0 Å². The Bertz CT molecular complexity index is 390. The van der Waals surface area contributed by atoms with E-state index in [2.05, 4.69) is 18.2 Å². The van der Waals surface area contributed by atoms with Crippen molar-refractivity contribution in [3.63, 3.8) is 0 Å². The fourth-order valence-corrected chi connectivity index (χ4v) is 2.81. The Kier molecular flexibility index (Phi) is 2.49. The molecular weight excluding hydrogens is 198 g/mol. The molecule has 16 heavy (non-hydrogen) atoms. The molecule has 0 saturated carbocycles. The van der Waals surface area contributed by atoms with Crippen LogP contribution in [0.2, 0.25) is 0 Å². The zero-order valence-electron chi connectivity index (χ0n) is 9.67. The van der Waals surface area contributed by atoms with Gasteiger partial charge in [-0.3, -0.25) is 0 Å². The molecule has 2 N–H and O–H groups in total. The van der Waals surface area contributed by atoms with Crippen molar-refractivity contribution in [1.29, 1.82) is 0 Å². The molecule has 1 aliphatic heterocycles. The minimum atomic E-state index is 0.118. The molecule has 0 radical (unpaired) electrons. The highest BCUT2D eigenvalue weighted by Crippen LogP contribution is 2.33. The van der Waals surface area contributed by atoms with Crippen molar-refractivity contribution < 1.29 is 4.74 Å². The van der Waals surface area contributed by atoms with Crippen LogP contribution in [-0.4, -0.2) is 19.8 Å². The summed E-state index contributed by atoms with van der Waals surface area (Å²) in [7, 11) is 0. The normalized spacial score (nSPS) is 22.3. The summed E-state index contributed by atoms with van der Waals surface area (Å²) in [6, 6.07) is 6.95. The van der Waals surface area contributed by atoms with Crippen molar-refractivity contribution in [2.24, 2.45) is 5.73 Å². The Labute approximate surface area is 96.8 Å². The molecule has 3 rings (SSSR count). The highest BCUT2D eigenvalue weighted by atomic mass is 16.5. The fourth-order valence-electron chi connectivity index (χ4n) is 2.81. The first-order valence-corrected chi connectivity index (χ1v) is 6.24. The third-order valence-electron chi connectivity index (χ3n) is 4.11. The topological polar surface area (TPSA) is 35.2 Å². The summed E-state index contributed by atoms with van der Waals surface area (Å²) < 4.78 is 5.35. The first-order valence-electron chi connectivity index (χ1n) is 6.24. The quantitative estimate of drug-likeness (QED) is 0.819. The number of hydrogen-bond acceptors (Lipinski definition) is 2. The predicted molar refractivity (Wildman–Crippen MR) is 64.6 cm³/mol. The minimum absolute atomic E-state index is 0.118. The van der Waals surface area contributed by atoms with Crippen LogP contribution in [0.5, 0.6) is 0 Å². The SMILES string of the molecule is NCC1(c2ccc3c(c2)CCCC3)COC1. The van der Waals surface area contributed by atoms with Gasteiger partial charge in [0.1, 0.15) is 0 Å². The Morgan fingerprint density at radius 1 is 1.12 bits per heavy atom. The van der Waals surface area contributed by atoms with Crippen LogP contribution in [0.3, 0.4) is 0 Å². The molecule has 1 aliphatic carbocycles. The highest BCUT2D eigenvalue weighted by molar-refractivity contribution is 5.38. The Morgan fingerprint density at radius 2 is 1.88 bits per heavy atom. The summed E-state index contributed by atoms with van der Waals surface area (Å²) in [4.78, 5) is 0. The Balaban J connectivity index is 1.96. The molecule has 1 fully saturated rings. The van der Waals surface area contributed by atoms with Gasteiger partial charge < -0.3 is 10.5 Å². The first-order chi connectivity index (χ1) is 7.84. The van der Waals surface area contributed by atoms with E-state index in [-0.39, 0.29) is 5.41 Å². The van der Waals surface area contributed by atoms with Crippen molar-refractivity contribution in [3.8, 4) is 0 Å². The molecule has 2 aliphatic rings. The molecule has 1 saturated heterocycles. The van der Waals surface area contributed by atoms with E-state index in [1.807, 2.05) is 0 Å². The van der Waals surface area contributed by atoms with E-state index in [4.69, 9.17) is 10.5 Å². The number of rotatable bonds is 2. The van der Waals surface area contributed by atoms with Gasteiger partial charge in [0, 0.05) is 6.54 Å². The number of nitrogens with two attached hydrogens (primary N) is 1. The van der Waals surface area contributed by atoms with Crippen molar-refractivity contribution in [2.45, 2.75) is 31.1 Å². The zero-order chi connectivity index (χ0) is 11.0. The summed E-state index contributed by atoms with van der Waals surface area (Å²) in [6.45, 7) is 2.29. The van der Waals surface area contributed by atoms with Gasteiger partial charge in [0.2, 0.25) is 0 Å². The van der Waals surface area contributed by atoms with Crippen LogP contribution >= 0.6 is 0 Å². The van der Waals surface area contributed by atoms with Crippen molar-refractivity contribution in [2.75, 3.05) is 19.8 Å². The molecule has 86 valence electrons. The summed E-state index contributed by atoms with van der Waals surface area (Å²) in [5.41, 5.74) is 10.5. The van der Waals surface area contributed by atoms with Crippen LogP contribution < -0.4 is 5.73 Å². The van der Waals surface area contributed by atoms with Gasteiger partial charge in [-0.2, -0.15) is 0 Å². The van der Waals surface area contributed by atoms with Gasteiger partial charge in [-0.15, -0.1) is 0 Å². The first kappa shape index (κ1) is 10.3. The van der Waals surface area contributed by atoms with Crippen molar-refractivity contribution in [1.82, 2.24) is 0 Å². The van der Waals surface area contributed by atoms with Crippen LogP contribution in [0, 0.1) is 0 Å². The average molecular weight is 217 g/mol. The van der Waals surface area contributed by atoms with Gasteiger partial charge >= 0.3 is 0 Å². The largest absolute Gasteiger partial charge is 0.379 e. The number of ether oxygens (including phenoxy) is 1. The molecule has 0 spiro atoms. The predicted octanol–water partition coefficient (Wildman–Crippen LogP) is 1.79. The minimum Gasteiger partial charge on any atom is -0.379 e. The molecule has 0 bridgehead atoms. The summed E-state index contributed by atoms with van der Waals surface area (Å²) >= 11 is 0. The van der Waals surface area contributed by atoms with E-state index in [1.165, 1.54) is 31.2 Å². The Hall–Kier alpha value is -0.860. The molecule has 2 nitrogen and oxygen atoms in total. The maximum atomic E-state index is 5.90. The third-order valence-corrected chi connectivity index (χ3v) is 4.11. The van der Waals surface area contributed by atoms with Gasteiger partial charge in [0.15, 0.2) is 0 Å². The standard InChI is InChI=1S/C14H19NO/c15-8-14(9-16-10-14)13-6-5-11-3-1-2-4-12(11)7-13/h5-7H,1-4,8-10,15H2. The van der Waals surface area contributed by atoms with E-state index in [0.29, 0.717) is 6.54 Å². The van der Waals surface area contributed by atoms with E-state index in [9.17, 15) is 0 Å². The second-order valence-electron chi connectivity index (χ2n) is 5.17. The van der Waals surface area contributed by atoms with Gasteiger partial charge in [0.25, 0.3) is 0 Å². The van der Waals surface area contributed by atoms with Crippen molar-refractivity contribution in [3.05, 3.63) is 34.9 Å². The smallest absolute Gasteiger partial charge is 0.0597 e. The lowest BCUT2D eigenvalue weighted by Crippen LogP contribution is -2.52. The molecule has 1 heterocycles. The summed E-state index contributed by atoms with van der Waals surface area (Å²) in [5.74, 6) is 0. The van der Waals surface area contributed by atoms with Gasteiger partial charge in [0.05, 0.1) is 18.6 Å². The second-order valence-corrected chi connectivity index (χ2v) is 5.17. The molecule has 0 aromatic heterocycles.